The Bertz CT molecular complexity index is 3120. The molecule has 11 rings (SSSR count). The highest BCUT2D eigenvalue weighted by atomic mass is 32.1. The summed E-state index contributed by atoms with van der Waals surface area (Å²) in [4.78, 5) is 2.47. The Hall–Kier alpha value is -6.20. The second kappa shape index (κ2) is 11.7. The van der Waals surface area contributed by atoms with Crippen molar-refractivity contribution >= 4 is 102 Å². The molecule has 0 unspecified atom stereocenters. The SMILES string of the molecule is c1ccc(-c2ccc(N(c3cccc4c3sc3c(-c5ccccc5)cccc34)c3cc4sc5ccccc5c4c4oc5ccccc5c34)cc2)cc1. The van der Waals surface area contributed by atoms with E-state index in [-0.39, 0.29) is 0 Å². The summed E-state index contributed by atoms with van der Waals surface area (Å²) in [6.45, 7) is 0. The molecular weight excluding hydrogens is 671 g/mol. The van der Waals surface area contributed by atoms with Crippen LogP contribution in [0.15, 0.2) is 180 Å². The van der Waals surface area contributed by atoms with E-state index in [1.807, 2.05) is 22.7 Å². The van der Waals surface area contributed by atoms with Gasteiger partial charge in [0.25, 0.3) is 0 Å². The first-order valence-electron chi connectivity index (χ1n) is 17.5. The average molecular weight is 700 g/mol. The molecule has 3 aromatic heterocycles. The van der Waals surface area contributed by atoms with Gasteiger partial charge in [-0.3, -0.25) is 0 Å². The minimum atomic E-state index is 0.897. The van der Waals surface area contributed by atoms with Gasteiger partial charge in [0.2, 0.25) is 0 Å². The Morgan fingerprint density at radius 2 is 1.04 bits per heavy atom. The summed E-state index contributed by atoms with van der Waals surface area (Å²) >= 11 is 3.71. The predicted molar refractivity (Wildman–Crippen MR) is 225 cm³/mol. The molecule has 11 aromatic rings. The second-order valence-electron chi connectivity index (χ2n) is 13.2. The van der Waals surface area contributed by atoms with Gasteiger partial charge < -0.3 is 9.32 Å². The van der Waals surface area contributed by atoms with E-state index >= 15 is 0 Å². The highest BCUT2D eigenvalue weighted by Crippen LogP contribution is 2.52. The Balaban J connectivity index is 1.24. The van der Waals surface area contributed by atoms with Gasteiger partial charge in [-0.05, 0) is 58.7 Å². The number of hydrogen-bond donors (Lipinski definition) is 0. The predicted octanol–water partition coefficient (Wildman–Crippen LogP) is 15.1. The van der Waals surface area contributed by atoms with Crippen LogP contribution >= 0.6 is 22.7 Å². The number of benzene rings is 8. The van der Waals surface area contributed by atoms with Crippen LogP contribution in [0.5, 0.6) is 0 Å². The number of anilines is 3. The maximum absolute atomic E-state index is 6.85. The van der Waals surface area contributed by atoms with E-state index in [4.69, 9.17) is 4.42 Å². The van der Waals surface area contributed by atoms with Gasteiger partial charge >= 0.3 is 0 Å². The second-order valence-corrected chi connectivity index (χ2v) is 15.3. The van der Waals surface area contributed by atoms with Crippen LogP contribution in [-0.2, 0) is 0 Å². The topological polar surface area (TPSA) is 16.4 Å². The summed E-state index contributed by atoms with van der Waals surface area (Å²) in [7, 11) is 0. The molecule has 0 amide bonds. The first-order valence-corrected chi connectivity index (χ1v) is 19.1. The molecule has 2 nitrogen and oxygen atoms in total. The monoisotopic (exact) mass is 699 g/mol. The van der Waals surface area contributed by atoms with E-state index < -0.39 is 0 Å². The molecule has 0 saturated carbocycles. The number of hydrogen-bond acceptors (Lipinski definition) is 4. The van der Waals surface area contributed by atoms with E-state index in [2.05, 4.69) is 181 Å². The van der Waals surface area contributed by atoms with Crippen molar-refractivity contribution < 1.29 is 4.42 Å². The zero-order valence-electron chi connectivity index (χ0n) is 27.9. The zero-order valence-corrected chi connectivity index (χ0v) is 29.5. The van der Waals surface area contributed by atoms with Gasteiger partial charge in [0.1, 0.15) is 11.2 Å². The van der Waals surface area contributed by atoms with Crippen LogP contribution in [-0.4, -0.2) is 0 Å². The molecule has 244 valence electrons. The van der Waals surface area contributed by atoms with Gasteiger partial charge in [-0.2, -0.15) is 0 Å². The van der Waals surface area contributed by atoms with Crippen molar-refractivity contribution in [1.82, 2.24) is 0 Å². The van der Waals surface area contributed by atoms with Crippen molar-refractivity contribution in [2.24, 2.45) is 0 Å². The summed E-state index contributed by atoms with van der Waals surface area (Å²) in [5.41, 5.74) is 10.1. The van der Waals surface area contributed by atoms with Crippen LogP contribution in [0, 0.1) is 0 Å². The van der Waals surface area contributed by atoms with Gasteiger partial charge in [-0.15, -0.1) is 22.7 Å². The first-order chi connectivity index (χ1) is 25.8. The Labute approximate surface area is 308 Å². The molecule has 0 aliphatic carbocycles. The first kappa shape index (κ1) is 29.5. The number of para-hydroxylation sites is 1. The van der Waals surface area contributed by atoms with Crippen LogP contribution in [0.3, 0.4) is 0 Å². The number of nitrogens with zero attached hydrogens (tertiary/aromatic N) is 1. The van der Waals surface area contributed by atoms with Crippen molar-refractivity contribution in [3.05, 3.63) is 176 Å². The normalized spacial score (nSPS) is 11.8. The molecule has 0 aliphatic heterocycles. The van der Waals surface area contributed by atoms with Crippen LogP contribution in [0.2, 0.25) is 0 Å². The summed E-state index contributed by atoms with van der Waals surface area (Å²) in [6.07, 6.45) is 0. The van der Waals surface area contributed by atoms with Gasteiger partial charge in [-0.1, -0.05) is 140 Å². The Morgan fingerprint density at radius 1 is 0.404 bits per heavy atom. The third-order valence-electron chi connectivity index (χ3n) is 10.3. The van der Waals surface area contributed by atoms with Gasteiger partial charge in [0.15, 0.2) is 0 Å². The fourth-order valence-electron chi connectivity index (χ4n) is 7.92. The lowest BCUT2D eigenvalue weighted by atomic mass is 10.0. The van der Waals surface area contributed by atoms with Gasteiger partial charge in [0, 0.05) is 46.7 Å². The van der Waals surface area contributed by atoms with Crippen LogP contribution in [0.25, 0.3) is 84.5 Å². The van der Waals surface area contributed by atoms with E-state index in [1.54, 1.807) is 0 Å². The highest BCUT2D eigenvalue weighted by Gasteiger charge is 2.26. The smallest absolute Gasteiger partial charge is 0.146 e. The van der Waals surface area contributed by atoms with Crippen LogP contribution < -0.4 is 4.90 Å². The molecule has 0 N–H and O–H groups in total. The molecular formula is C48H29NOS2. The van der Waals surface area contributed by atoms with Crippen molar-refractivity contribution in [1.29, 1.82) is 0 Å². The molecule has 0 aliphatic rings. The summed E-state index contributed by atoms with van der Waals surface area (Å²) in [5.74, 6) is 0. The number of rotatable bonds is 5. The van der Waals surface area contributed by atoms with Crippen molar-refractivity contribution in [2.45, 2.75) is 0 Å². The van der Waals surface area contributed by atoms with E-state index in [1.165, 1.54) is 62.6 Å². The number of fused-ring (bicyclic) bond motifs is 10. The molecule has 3 heterocycles. The lowest BCUT2D eigenvalue weighted by Crippen LogP contribution is -2.10. The highest BCUT2D eigenvalue weighted by molar-refractivity contribution is 7.27. The van der Waals surface area contributed by atoms with Gasteiger partial charge in [0.05, 0.1) is 21.5 Å². The maximum Gasteiger partial charge on any atom is 0.146 e. The quantitative estimate of drug-likeness (QED) is 0.178. The molecule has 4 heteroatoms. The van der Waals surface area contributed by atoms with E-state index in [0.29, 0.717) is 0 Å². The Morgan fingerprint density at radius 3 is 1.85 bits per heavy atom. The van der Waals surface area contributed by atoms with E-state index in [9.17, 15) is 0 Å². The van der Waals surface area contributed by atoms with Crippen LogP contribution in [0.1, 0.15) is 0 Å². The molecule has 0 spiro atoms. The third-order valence-corrected chi connectivity index (χ3v) is 12.7. The number of furan rings is 1. The fourth-order valence-corrected chi connectivity index (χ4v) is 10.4. The van der Waals surface area contributed by atoms with E-state index in [0.717, 1.165) is 39.0 Å². The van der Waals surface area contributed by atoms with Crippen molar-refractivity contribution in [3.8, 4) is 22.3 Å². The summed E-state index contributed by atoms with van der Waals surface area (Å²) < 4.78 is 11.9. The zero-order chi connectivity index (χ0) is 34.2. The fraction of sp³-hybridized carbons (Fsp3) is 0. The molecule has 0 saturated heterocycles. The largest absolute Gasteiger partial charge is 0.455 e. The lowest BCUT2D eigenvalue weighted by molar-refractivity contribution is 0.673. The van der Waals surface area contributed by atoms with Gasteiger partial charge in [-0.25, -0.2) is 0 Å². The molecule has 0 atom stereocenters. The van der Waals surface area contributed by atoms with Crippen molar-refractivity contribution in [3.63, 3.8) is 0 Å². The maximum atomic E-state index is 6.85. The standard InChI is InChI=1S/C48H29NOS2/c1-3-13-30(14-4-1)31-25-27-33(28-26-31)49(39-22-12-21-36-35-20-11-19-34(47(35)52-48(36)39)32-15-5-2-6-16-32)40-29-43-45(38-18-8-10-24-42(38)51-43)46-44(40)37-17-7-9-23-41(37)50-46/h1-29H. The molecule has 0 fully saturated rings. The Kier molecular flexibility index (Phi) is 6.63. The molecule has 52 heavy (non-hydrogen) atoms. The lowest BCUT2D eigenvalue weighted by Gasteiger charge is -2.27. The minimum Gasteiger partial charge on any atom is -0.455 e. The molecule has 8 aromatic carbocycles. The molecule has 0 radical (unpaired) electrons. The van der Waals surface area contributed by atoms with Crippen LogP contribution in [0.4, 0.5) is 17.1 Å². The molecule has 0 bridgehead atoms. The summed E-state index contributed by atoms with van der Waals surface area (Å²) in [5, 5.41) is 7.20. The average Bonchev–Trinajstić information content (AvgIpc) is 3.91. The third kappa shape index (κ3) is 4.48. The number of thiophene rings is 2. The van der Waals surface area contributed by atoms with Crippen molar-refractivity contribution in [2.75, 3.05) is 4.90 Å². The summed E-state index contributed by atoms with van der Waals surface area (Å²) in [6, 6.07) is 63.5. The minimum absolute atomic E-state index is 0.897.